The summed E-state index contributed by atoms with van der Waals surface area (Å²) in [5.74, 6) is -0.271. The molecule has 0 saturated heterocycles. The lowest BCUT2D eigenvalue weighted by Crippen LogP contribution is -2.25. The maximum absolute atomic E-state index is 12.8. The lowest BCUT2D eigenvalue weighted by molar-refractivity contribution is -0.159. The Bertz CT molecular complexity index is 817. The zero-order valence-corrected chi connectivity index (χ0v) is 36.8. The van der Waals surface area contributed by atoms with Gasteiger partial charge in [0.25, 0.3) is 0 Å². The van der Waals surface area contributed by atoms with Gasteiger partial charge in [0.05, 0.1) is 0 Å². The summed E-state index contributed by atoms with van der Waals surface area (Å²) in [4.78, 5) is 25.3. The second-order valence-electron chi connectivity index (χ2n) is 16.4. The first-order valence-corrected chi connectivity index (χ1v) is 24.3. The molecule has 0 aromatic heterocycles. The fourth-order valence-corrected chi connectivity index (χ4v) is 7.22. The summed E-state index contributed by atoms with van der Waals surface area (Å²) in [7, 11) is 0. The van der Waals surface area contributed by atoms with Crippen LogP contribution in [0.25, 0.3) is 0 Å². The highest BCUT2D eigenvalue weighted by molar-refractivity contribution is 5.70. The highest BCUT2D eigenvalue weighted by atomic mass is 16.6. The molecule has 0 spiro atoms. The van der Waals surface area contributed by atoms with E-state index in [1.54, 1.807) is 0 Å². The topological polar surface area (TPSA) is 52.6 Å². The van der Waals surface area contributed by atoms with Crippen LogP contribution in [-0.2, 0) is 19.1 Å². The van der Waals surface area contributed by atoms with Crippen LogP contribution in [0.1, 0.15) is 271 Å². The zero-order chi connectivity index (χ0) is 39.3. The fourth-order valence-electron chi connectivity index (χ4n) is 7.22. The molecule has 318 valence electrons. The smallest absolute Gasteiger partial charge is 0.306 e. The van der Waals surface area contributed by atoms with Gasteiger partial charge in [-0.2, -0.15) is 0 Å². The second kappa shape index (κ2) is 45.8. The van der Waals surface area contributed by atoms with Gasteiger partial charge in [-0.25, -0.2) is 0 Å². The highest BCUT2D eigenvalue weighted by Gasteiger charge is 2.17. The Morgan fingerprint density at radius 1 is 0.370 bits per heavy atom. The van der Waals surface area contributed by atoms with Crippen LogP contribution in [0.4, 0.5) is 0 Å². The lowest BCUT2D eigenvalue weighted by atomic mass is 10.0. The molecule has 4 heteroatoms. The number of carbonyl (C=O) groups is 2. The summed E-state index contributed by atoms with van der Waals surface area (Å²) in [5.41, 5.74) is 0. The Kier molecular flexibility index (Phi) is 44.5. The quantitative estimate of drug-likeness (QED) is 0.0353. The third-order valence-electron chi connectivity index (χ3n) is 10.9. The molecule has 0 heterocycles. The van der Waals surface area contributed by atoms with E-state index in [2.05, 4.69) is 45.1 Å². The van der Waals surface area contributed by atoms with Crippen LogP contribution in [0.5, 0.6) is 0 Å². The summed E-state index contributed by atoms with van der Waals surface area (Å²) in [5, 5.41) is 0. The van der Waals surface area contributed by atoms with Crippen molar-refractivity contribution < 1.29 is 19.1 Å². The van der Waals surface area contributed by atoms with E-state index in [1.807, 2.05) is 0 Å². The summed E-state index contributed by atoms with van der Waals surface area (Å²) in [6, 6.07) is 0. The van der Waals surface area contributed by atoms with Gasteiger partial charge in [-0.3, -0.25) is 9.59 Å². The van der Waals surface area contributed by atoms with Crippen molar-refractivity contribution in [1.82, 2.24) is 0 Å². The molecule has 0 bridgehead atoms. The molecule has 0 saturated carbocycles. The van der Waals surface area contributed by atoms with Crippen LogP contribution in [0.2, 0.25) is 0 Å². The Morgan fingerprint density at radius 3 is 1.04 bits per heavy atom. The first-order valence-electron chi connectivity index (χ1n) is 24.3. The van der Waals surface area contributed by atoms with Gasteiger partial charge in [0.15, 0.2) is 0 Å². The van der Waals surface area contributed by atoms with Crippen LogP contribution in [0.15, 0.2) is 24.3 Å². The van der Waals surface area contributed by atoms with Crippen molar-refractivity contribution in [3.63, 3.8) is 0 Å². The van der Waals surface area contributed by atoms with Crippen molar-refractivity contribution in [2.24, 2.45) is 0 Å². The number of allylic oxidation sites excluding steroid dienone is 4. The summed E-state index contributed by atoms with van der Waals surface area (Å²) in [6.07, 6.45) is 56.0. The minimum atomic E-state index is -0.312. The molecule has 0 fully saturated rings. The average Bonchev–Trinajstić information content (AvgIpc) is 3.17. The standard InChI is InChI=1S/C50H94O4/c1-4-7-10-13-16-19-22-24-26-28-30-33-36-39-42-45-49(51)53-47-48(44-41-38-35-32-21-18-15-12-9-6-3)54-50(52)46-43-40-37-34-31-29-27-25-23-20-17-14-11-8-5-2/h24-27,48H,4-23,28-47H2,1-3H3/b26-24-,27-25-. The number of rotatable bonds is 44. The van der Waals surface area contributed by atoms with E-state index in [1.165, 1.54) is 193 Å². The average molecular weight is 759 g/mol. The van der Waals surface area contributed by atoms with E-state index in [-0.39, 0.29) is 24.6 Å². The maximum atomic E-state index is 12.8. The van der Waals surface area contributed by atoms with E-state index in [4.69, 9.17) is 9.47 Å². The zero-order valence-electron chi connectivity index (χ0n) is 36.8. The molecule has 0 radical (unpaired) electrons. The van der Waals surface area contributed by atoms with Crippen LogP contribution in [0.3, 0.4) is 0 Å². The Labute approximate surface area is 338 Å². The first kappa shape index (κ1) is 52.4. The SMILES string of the molecule is CCCCCCCC/C=C\CCCCCCCC(=O)OCC(CCCCCCCCCCCC)OC(=O)CCCCCCC/C=C\CCCCCCCC. The van der Waals surface area contributed by atoms with Gasteiger partial charge < -0.3 is 9.47 Å². The van der Waals surface area contributed by atoms with Crippen LogP contribution in [-0.4, -0.2) is 24.6 Å². The second-order valence-corrected chi connectivity index (χ2v) is 16.4. The molecule has 0 aliphatic carbocycles. The van der Waals surface area contributed by atoms with E-state index < -0.39 is 0 Å². The number of hydrogen-bond donors (Lipinski definition) is 0. The summed E-state index contributed by atoms with van der Waals surface area (Å²) >= 11 is 0. The third-order valence-corrected chi connectivity index (χ3v) is 10.9. The van der Waals surface area contributed by atoms with Gasteiger partial charge >= 0.3 is 11.9 Å². The monoisotopic (exact) mass is 759 g/mol. The van der Waals surface area contributed by atoms with Gasteiger partial charge in [-0.05, 0) is 77.0 Å². The van der Waals surface area contributed by atoms with Gasteiger partial charge in [0, 0.05) is 12.8 Å². The van der Waals surface area contributed by atoms with E-state index >= 15 is 0 Å². The number of unbranched alkanes of at least 4 members (excludes halogenated alkanes) is 31. The molecule has 0 rings (SSSR count). The van der Waals surface area contributed by atoms with Gasteiger partial charge in [0.1, 0.15) is 12.7 Å². The molecule has 0 amide bonds. The van der Waals surface area contributed by atoms with Crippen molar-refractivity contribution in [3.05, 3.63) is 24.3 Å². The van der Waals surface area contributed by atoms with Crippen LogP contribution >= 0.6 is 0 Å². The highest BCUT2D eigenvalue weighted by Crippen LogP contribution is 2.16. The molecule has 4 nitrogen and oxygen atoms in total. The van der Waals surface area contributed by atoms with Crippen molar-refractivity contribution in [1.29, 1.82) is 0 Å². The number of ether oxygens (including phenoxy) is 2. The molecule has 0 aromatic carbocycles. The fraction of sp³-hybridized carbons (Fsp3) is 0.880. The largest absolute Gasteiger partial charge is 0.462 e. The molecular formula is C50H94O4. The molecule has 1 atom stereocenters. The Morgan fingerprint density at radius 2 is 0.667 bits per heavy atom. The Balaban J connectivity index is 4.18. The van der Waals surface area contributed by atoms with Crippen LogP contribution < -0.4 is 0 Å². The van der Waals surface area contributed by atoms with E-state index in [0.29, 0.717) is 12.8 Å². The number of carbonyl (C=O) groups excluding carboxylic acids is 2. The molecule has 1 unspecified atom stereocenters. The van der Waals surface area contributed by atoms with Crippen molar-refractivity contribution in [2.75, 3.05) is 6.61 Å². The van der Waals surface area contributed by atoms with Crippen molar-refractivity contribution in [3.8, 4) is 0 Å². The Hall–Kier alpha value is -1.58. The lowest BCUT2D eigenvalue weighted by Gasteiger charge is -2.18. The predicted molar refractivity (Wildman–Crippen MR) is 236 cm³/mol. The van der Waals surface area contributed by atoms with Crippen molar-refractivity contribution in [2.45, 2.75) is 277 Å². The predicted octanol–water partition coefficient (Wildman–Crippen LogP) is 16.8. The molecular weight excluding hydrogens is 665 g/mol. The van der Waals surface area contributed by atoms with Gasteiger partial charge in [-0.1, -0.05) is 206 Å². The maximum Gasteiger partial charge on any atom is 0.306 e. The van der Waals surface area contributed by atoms with Gasteiger partial charge in [-0.15, -0.1) is 0 Å². The molecule has 0 aromatic rings. The minimum absolute atomic E-state index is 0.127. The molecule has 0 aliphatic heterocycles. The van der Waals surface area contributed by atoms with Gasteiger partial charge in [0.2, 0.25) is 0 Å². The summed E-state index contributed by atoms with van der Waals surface area (Å²) in [6.45, 7) is 7.02. The first-order chi connectivity index (χ1) is 26.6. The van der Waals surface area contributed by atoms with Crippen LogP contribution in [0, 0.1) is 0 Å². The van der Waals surface area contributed by atoms with Crippen molar-refractivity contribution >= 4 is 11.9 Å². The third kappa shape index (κ3) is 43.2. The van der Waals surface area contributed by atoms with E-state index in [0.717, 1.165) is 44.9 Å². The molecule has 0 N–H and O–H groups in total. The number of esters is 2. The number of hydrogen-bond acceptors (Lipinski definition) is 4. The molecule has 54 heavy (non-hydrogen) atoms. The summed E-state index contributed by atoms with van der Waals surface area (Å²) < 4.78 is 11.6. The normalized spacial score (nSPS) is 12.3. The van der Waals surface area contributed by atoms with E-state index in [9.17, 15) is 9.59 Å². The minimum Gasteiger partial charge on any atom is -0.462 e. The molecule has 0 aliphatic rings.